The summed E-state index contributed by atoms with van der Waals surface area (Å²) in [5.41, 5.74) is 9.06. The molecule has 0 amide bonds. The molecule has 0 bridgehead atoms. The molecule has 0 spiro atoms. The van der Waals surface area contributed by atoms with Crippen LogP contribution in [0.5, 0.6) is 5.75 Å². The third kappa shape index (κ3) is 3.32. The third-order valence-electron chi connectivity index (χ3n) is 3.27. The Morgan fingerprint density at radius 1 is 1.15 bits per heavy atom. The first-order valence-electron chi connectivity index (χ1n) is 6.52. The molecule has 0 aliphatic carbocycles. The number of nitrogens with zero attached hydrogens (tertiary/aromatic N) is 1. The molecule has 0 aromatic heterocycles. The number of methoxy groups -OCH3 is 1. The molecule has 2 N–H and O–H groups in total. The van der Waals surface area contributed by atoms with E-state index in [4.69, 9.17) is 10.5 Å². The van der Waals surface area contributed by atoms with Gasteiger partial charge in [0.2, 0.25) is 0 Å². The summed E-state index contributed by atoms with van der Waals surface area (Å²) >= 11 is 3.64. The maximum absolute atomic E-state index is 5.59. The quantitative estimate of drug-likeness (QED) is 0.905. The van der Waals surface area contributed by atoms with Gasteiger partial charge in [-0.3, -0.25) is 0 Å². The number of hydrogen-bond acceptors (Lipinski definition) is 3. The summed E-state index contributed by atoms with van der Waals surface area (Å²) in [4.78, 5) is 2.13. The zero-order valence-electron chi connectivity index (χ0n) is 11.8. The summed E-state index contributed by atoms with van der Waals surface area (Å²) in [5, 5.41) is 0. The first-order valence-corrected chi connectivity index (χ1v) is 7.31. The van der Waals surface area contributed by atoms with Crippen LogP contribution in [-0.4, -0.2) is 20.7 Å². The Balaban J connectivity index is 2.25. The van der Waals surface area contributed by atoms with Crippen molar-refractivity contribution in [1.29, 1.82) is 0 Å². The van der Waals surface area contributed by atoms with Gasteiger partial charge in [0, 0.05) is 17.2 Å². The summed E-state index contributed by atoms with van der Waals surface area (Å²) in [6.07, 6.45) is 0.894. The van der Waals surface area contributed by atoms with E-state index in [0.29, 0.717) is 6.54 Å². The molecule has 3 nitrogen and oxygen atoms in total. The van der Waals surface area contributed by atoms with Crippen LogP contribution in [0.2, 0.25) is 0 Å². The van der Waals surface area contributed by atoms with E-state index in [1.165, 1.54) is 5.56 Å². The highest BCUT2D eigenvalue weighted by Crippen LogP contribution is 2.32. The summed E-state index contributed by atoms with van der Waals surface area (Å²) < 4.78 is 6.25. The fourth-order valence-electron chi connectivity index (χ4n) is 2.09. The average molecular weight is 335 g/mol. The molecule has 0 heterocycles. The van der Waals surface area contributed by atoms with E-state index in [2.05, 4.69) is 39.0 Å². The van der Waals surface area contributed by atoms with Crippen LogP contribution in [0.3, 0.4) is 0 Å². The molecule has 0 saturated heterocycles. The molecule has 20 heavy (non-hydrogen) atoms. The van der Waals surface area contributed by atoms with Gasteiger partial charge in [-0.15, -0.1) is 0 Å². The van der Waals surface area contributed by atoms with Crippen molar-refractivity contribution >= 4 is 27.3 Å². The molecule has 4 heteroatoms. The maximum atomic E-state index is 5.59. The summed E-state index contributed by atoms with van der Waals surface area (Å²) in [6.45, 7) is 0.667. The minimum Gasteiger partial charge on any atom is -0.497 e. The van der Waals surface area contributed by atoms with Crippen molar-refractivity contribution in [3.8, 4) is 5.75 Å². The summed E-state index contributed by atoms with van der Waals surface area (Å²) in [7, 11) is 3.72. The van der Waals surface area contributed by atoms with Crippen molar-refractivity contribution < 1.29 is 4.74 Å². The van der Waals surface area contributed by atoms with Gasteiger partial charge in [-0.05, 0) is 70.9 Å². The predicted molar refractivity (Wildman–Crippen MR) is 88.0 cm³/mol. The zero-order valence-corrected chi connectivity index (χ0v) is 13.4. The highest BCUT2D eigenvalue weighted by Gasteiger charge is 2.08. The number of anilines is 2. The standard InChI is InChI=1S/C16H19BrN2O/c1-19(13-4-6-14(20-2)7-5-13)16-8-3-12(9-10-18)11-15(16)17/h3-8,11H,9-10,18H2,1-2H3. The normalized spacial score (nSPS) is 10.4. The van der Waals surface area contributed by atoms with E-state index in [0.717, 1.165) is 28.0 Å². The number of rotatable bonds is 5. The Morgan fingerprint density at radius 3 is 2.40 bits per heavy atom. The van der Waals surface area contributed by atoms with E-state index in [1.54, 1.807) is 7.11 Å². The minimum atomic E-state index is 0.667. The lowest BCUT2D eigenvalue weighted by atomic mass is 10.1. The maximum Gasteiger partial charge on any atom is 0.119 e. The highest BCUT2D eigenvalue weighted by molar-refractivity contribution is 9.10. The van der Waals surface area contributed by atoms with Crippen LogP contribution in [0.1, 0.15) is 5.56 Å². The molecule has 0 unspecified atom stereocenters. The Bertz CT molecular complexity index is 569. The smallest absolute Gasteiger partial charge is 0.119 e. The SMILES string of the molecule is COc1ccc(N(C)c2ccc(CCN)cc2Br)cc1. The Kier molecular flexibility index (Phi) is 5.04. The number of nitrogens with two attached hydrogens (primary N) is 1. The van der Waals surface area contributed by atoms with Crippen LogP contribution in [0.4, 0.5) is 11.4 Å². The van der Waals surface area contributed by atoms with E-state index < -0.39 is 0 Å². The van der Waals surface area contributed by atoms with Gasteiger partial charge < -0.3 is 15.4 Å². The first-order chi connectivity index (χ1) is 9.65. The molecule has 0 saturated carbocycles. The number of ether oxygens (including phenoxy) is 1. The predicted octanol–water partition coefficient (Wildman–Crippen LogP) is 3.73. The van der Waals surface area contributed by atoms with Crippen molar-refractivity contribution in [2.24, 2.45) is 5.73 Å². The average Bonchev–Trinajstić information content (AvgIpc) is 2.47. The second kappa shape index (κ2) is 6.77. The van der Waals surface area contributed by atoms with Gasteiger partial charge in [-0.25, -0.2) is 0 Å². The van der Waals surface area contributed by atoms with Gasteiger partial charge in [0.15, 0.2) is 0 Å². The lowest BCUT2D eigenvalue weighted by molar-refractivity contribution is 0.415. The number of halogens is 1. The molecule has 0 aliphatic rings. The molecule has 2 rings (SSSR count). The molecule has 0 aliphatic heterocycles. The van der Waals surface area contributed by atoms with E-state index in [-0.39, 0.29) is 0 Å². The van der Waals surface area contributed by atoms with Gasteiger partial charge in [0.05, 0.1) is 12.8 Å². The van der Waals surface area contributed by atoms with Crippen LogP contribution < -0.4 is 15.4 Å². The Hall–Kier alpha value is -1.52. The van der Waals surface area contributed by atoms with Gasteiger partial charge in [0.1, 0.15) is 5.75 Å². The van der Waals surface area contributed by atoms with Crippen LogP contribution in [-0.2, 0) is 6.42 Å². The number of benzene rings is 2. The van der Waals surface area contributed by atoms with Crippen LogP contribution in [0.25, 0.3) is 0 Å². The van der Waals surface area contributed by atoms with E-state index in [9.17, 15) is 0 Å². The number of hydrogen-bond donors (Lipinski definition) is 1. The van der Waals surface area contributed by atoms with Gasteiger partial charge in [0.25, 0.3) is 0 Å². The third-order valence-corrected chi connectivity index (χ3v) is 3.90. The molecular formula is C16H19BrN2O. The Morgan fingerprint density at radius 2 is 1.85 bits per heavy atom. The van der Waals surface area contributed by atoms with E-state index in [1.807, 2.05) is 31.3 Å². The first kappa shape index (κ1) is 14.9. The van der Waals surface area contributed by atoms with Crippen molar-refractivity contribution in [3.05, 3.63) is 52.5 Å². The summed E-state index contributed by atoms with van der Waals surface area (Å²) in [5.74, 6) is 0.861. The van der Waals surface area contributed by atoms with Gasteiger partial charge in [-0.1, -0.05) is 6.07 Å². The fraction of sp³-hybridized carbons (Fsp3) is 0.250. The topological polar surface area (TPSA) is 38.5 Å². The van der Waals surface area contributed by atoms with Crippen molar-refractivity contribution in [2.45, 2.75) is 6.42 Å². The van der Waals surface area contributed by atoms with Crippen LogP contribution in [0.15, 0.2) is 46.9 Å². The molecule has 106 valence electrons. The fourth-order valence-corrected chi connectivity index (χ4v) is 2.78. The van der Waals surface area contributed by atoms with Crippen molar-refractivity contribution in [1.82, 2.24) is 0 Å². The zero-order chi connectivity index (χ0) is 14.5. The van der Waals surface area contributed by atoms with Gasteiger partial charge >= 0.3 is 0 Å². The lowest BCUT2D eigenvalue weighted by Crippen LogP contribution is -2.10. The van der Waals surface area contributed by atoms with E-state index >= 15 is 0 Å². The van der Waals surface area contributed by atoms with Crippen molar-refractivity contribution in [2.75, 3.05) is 25.6 Å². The molecular weight excluding hydrogens is 316 g/mol. The summed E-state index contributed by atoms with van der Waals surface area (Å²) in [6, 6.07) is 14.4. The monoisotopic (exact) mass is 334 g/mol. The molecule has 0 radical (unpaired) electrons. The van der Waals surface area contributed by atoms with Crippen molar-refractivity contribution in [3.63, 3.8) is 0 Å². The largest absolute Gasteiger partial charge is 0.497 e. The molecule has 0 fully saturated rings. The van der Waals surface area contributed by atoms with Crippen LogP contribution in [0, 0.1) is 0 Å². The molecule has 0 atom stereocenters. The molecule has 2 aromatic carbocycles. The van der Waals surface area contributed by atoms with Gasteiger partial charge in [-0.2, -0.15) is 0 Å². The minimum absolute atomic E-state index is 0.667. The lowest BCUT2D eigenvalue weighted by Gasteiger charge is -2.21. The highest BCUT2D eigenvalue weighted by atomic mass is 79.9. The second-order valence-corrected chi connectivity index (χ2v) is 5.44. The second-order valence-electron chi connectivity index (χ2n) is 4.58. The van der Waals surface area contributed by atoms with Crippen LogP contribution >= 0.6 is 15.9 Å². The molecule has 2 aromatic rings. The Labute approximate surface area is 128 Å².